The molecular formula is C15H13IO. The molecule has 0 atom stereocenters. The fourth-order valence-corrected chi connectivity index (χ4v) is 3.00. The molecule has 86 valence electrons. The molecule has 17 heavy (non-hydrogen) atoms. The van der Waals surface area contributed by atoms with Gasteiger partial charge in [0.25, 0.3) is 0 Å². The van der Waals surface area contributed by atoms with Crippen LogP contribution in [0.2, 0.25) is 0 Å². The van der Waals surface area contributed by atoms with Crippen LogP contribution in [0, 0.1) is 10.5 Å². The third kappa shape index (κ3) is 1.66. The normalized spacial score (nSPS) is 11.5. The Labute approximate surface area is 114 Å². The summed E-state index contributed by atoms with van der Waals surface area (Å²) in [7, 11) is 0. The minimum absolute atomic E-state index is 0.990. The Morgan fingerprint density at radius 3 is 2.76 bits per heavy atom. The zero-order valence-electron chi connectivity index (χ0n) is 9.88. The van der Waals surface area contributed by atoms with Gasteiger partial charge in [-0.05, 0) is 59.7 Å². The zero-order valence-corrected chi connectivity index (χ0v) is 12.0. The van der Waals surface area contributed by atoms with E-state index in [1.54, 1.807) is 0 Å². The lowest BCUT2D eigenvalue weighted by Crippen LogP contribution is -1.82. The number of hydrogen-bond donors (Lipinski definition) is 0. The number of aryl methyl sites for hydroxylation is 2. The van der Waals surface area contributed by atoms with Crippen molar-refractivity contribution in [2.45, 2.75) is 20.3 Å². The van der Waals surface area contributed by atoms with Crippen molar-refractivity contribution in [3.05, 3.63) is 45.0 Å². The molecule has 1 nitrogen and oxygen atoms in total. The predicted octanol–water partition coefficient (Wildman–Crippen LogP) is 5.06. The molecule has 0 saturated carbocycles. The third-order valence-corrected chi connectivity index (χ3v) is 4.08. The highest BCUT2D eigenvalue weighted by Gasteiger charge is 2.12. The maximum absolute atomic E-state index is 6.01. The van der Waals surface area contributed by atoms with Gasteiger partial charge in [-0.2, -0.15) is 0 Å². The second kappa shape index (κ2) is 4.02. The van der Waals surface area contributed by atoms with Crippen LogP contribution in [0.3, 0.4) is 0 Å². The summed E-state index contributed by atoms with van der Waals surface area (Å²) in [5.41, 5.74) is 4.61. The lowest BCUT2D eigenvalue weighted by Gasteiger charge is -1.99. The first-order valence-corrected chi connectivity index (χ1v) is 6.89. The Morgan fingerprint density at radius 1 is 1.18 bits per heavy atom. The monoisotopic (exact) mass is 336 g/mol. The standard InChI is InChI=1S/C15H13IO/c1-3-10-5-6-12(16)14-11-8-9(2)4-7-13(11)17-15(10)14/h4-8H,3H2,1-2H3. The van der Waals surface area contributed by atoms with Gasteiger partial charge in [0.1, 0.15) is 11.2 Å². The van der Waals surface area contributed by atoms with Gasteiger partial charge < -0.3 is 4.42 Å². The molecule has 0 aliphatic rings. The van der Waals surface area contributed by atoms with Crippen LogP contribution in [0.4, 0.5) is 0 Å². The van der Waals surface area contributed by atoms with E-state index in [2.05, 4.69) is 66.8 Å². The number of rotatable bonds is 1. The Morgan fingerprint density at radius 2 is 2.00 bits per heavy atom. The lowest BCUT2D eigenvalue weighted by molar-refractivity contribution is 0.663. The quantitative estimate of drug-likeness (QED) is 0.566. The first kappa shape index (κ1) is 11.1. The van der Waals surface area contributed by atoms with E-state index in [-0.39, 0.29) is 0 Å². The van der Waals surface area contributed by atoms with Crippen LogP contribution in [0.5, 0.6) is 0 Å². The maximum Gasteiger partial charge on any atom is 0.139 e. The van der Waals surface area contributed by atoms with E-state index in [9.17, 15) is 0 Å². The minimum Gasteiger partial charge on any atom is -0.456 e. The van der Waals surface area contributed by atoms with E-state index >= 15 is 0 Å². The molecule has 0 spiro atoms. The van der Waals surface area contributed by atoms with E-state index in [4.69, 9.17) is 4.42 Å². The second-order valence-corrected chi connectivity index (χ2v) is 5.53. The molecule has 0 bridgehead atoms. The molecule has 1 heterocycles. The molecule has 0 radical (unpaired) electrons. The molecule has 3 rings (SSSR count). The van der Waals surface area contributed by atoms with Crippen LogP contribution in [-0.2, 0) is 6.42 Å². The lowest BCUT2D eigenvalue weighted by atomic mass is 10.1. The van der Waals surface area contributed by atoms with Crippen molar-refractivity contribution < 1.29 is 4.42 Å². The molecule has 0 saturated heterocycles. The molecule has 2 heteroatoms. The van der Waals surface area contributed by atoms with Crippen molar-refractivity contribution in [2.75, 3.05) is 0 Å². The van der Waals surface area contributed by atoms with Gasteiger partial charge in [-0.25, -0.2) is 0 Å². The Balaban J connectivity index is 2.55. The predicted molar refractivity (Wildman–Crippen MR) is 80.6 cm³/mol. The topological polar surface area (TPSA) is 13.1 Å². The number of furan rings is 1. The zero-order chi connectivity index (χ0) is 12.0. The van der Waals surface area contributed by atoms with Gasteiger partial charge in [-0.3, -0.25) is 0 Å². The van der Waals surface area contributed by atoms with Crippen molar-refractivity contribution in [3.8, 4) is 0 Å². The van der Waals surface area contributed by atoms with Gasteiger partial charge in [0.05, 0.1) is 0 Å². The van der Waals surface area contributed by atoms with Gasteiger partial charge >= 0.3 is 0 Å². The second-order valence-electron chi connectivity index (χ2n) is 4.37. The smallest absolute Gasteiger partial charge is 0.139 e. The molecule has 0 fully saturated rings. The molecule has 2 aromatic carbocycles. The van der Waals surface area contributed by atoms with Gasteiger partial charge in [0, 0.05) is 14.3 Å². The molecule has 3 aromatic rings. The fourth-order valence-electron chi connectivity index (χ4n) is 2.29. The van der Waals surface area contributed by atoms with Crippen LogP contribution in [0.15, 0.2) is 34.7 Å². The van der Waals surface area contributed by atoms with E-state index < -0.39 is 0 Å². The van der Waals surface area contributed by atoms with E-state index in [0.29, 0.717) is 0 Å². The Kier molecular flexibility index (Phi) is 2.62. The number of fused-ring (bicyclic) bond motifs is 3. The summed E-state index contributed by atoms with van der Waals surface area (Å²) in [5, 5.41) is 2.50. The van der Waals surface area contributed by atoms with Crippen LogP contribution >= 0.6 is 22.6 Å². The summed E-state index contributed by atoms with van der Waals surface area (Å²) in [6, 6.07) is 10.7. The number of halogens is 1. The van der Waals surface area contributed by atoms with E-state index in [1.807, 2.05) is 0 Å². The highest BCUT2D eigenvalue weighted by atomic mass is 127. The largest absolute Gasteiger partial charge is 0.456 e. The van der Waals surface area contributed by atoms with Crippen molar-refractivity contribution >= 4 is 44.5 Å². The average Bonchev–Trinajstić information content (AvgIpc) is 2.69. The van der Waals surface area contributed by atoms with Gasteiger partial charge in [0.15, 0.2) is 0 Å². The fraction of sp³-hybridized carbons (Fsp3) is 0.200. The minimum atomic E-state index is 0.990. The van der Waals surface area contributed by atoms with Crippen LogP contribution < -0.4 is 0 Å². The van der Waals surface area contributed by atoms with E-state index in [0.717, 1.165) is 17.6 Å². The highest BCUT2D eigenvalue weighted by Crippen LogP contribution is 2.34. The molecule has 1 aromatic heterocycles. The maximum atomic E-state index is 6.01. The summed E-state index contributed by atoms with van der Waals surface area (Å²) < 4.78 is 7.27. The van der Waals surface area contributed by atoms with Crippen molar-refractivity contribution in [3.63, 3.8) is 0 Å². The molecular weight excluding hydrogens is 323 g/mol. The summed E-state index contributed by atoms with van der Waals surface area (Å²) in [4.78, 5) is 0. The summed E-state index contributed by atoms with van der Waals surface area (Å²) in [6.07, 6.45) is 1.01. The van der Waals surface area contributed by atoms with Crippen LogP contribution in [0.25, 0.3) is 21.9 Å². The molecule has 0 aliphatic heterocycles. The first-order chi connectivity index (χ1) is 8.20. The van der Waals surface area contributed by atoms with Crippen molar-refractivity contribution in [1.29, 1.82) is 0 Å². The van der Waals surface area contributed by atoms with Gasteiger partial charge in [-0.15, -0.1) is 0 Å². The first-order valence-electron chi connectivity index (χ1n) is 5.81. The Hall–Kier alpha value is -1.03. The van der Waals surface area contributed by atoms with E-state index in [1.165, 1.54) is 25.5 Å². The van der Waals surface area contributed by atoms with Gasteiger partial charge in [-0.1, -0.05) is 24.6 Å². The third-order valence-electron chi connectivity index (χ3n) is 3.19. The SMILES string of the molecule is CCc1ccc(I)c2c1oc1ccc(C)cc12. The molecule has 0 aliphatic carbocycles. The average molecular weight is 336 g/mol. The number of benzene rings is 2. The van der Waals surface area contributed by atoms with Gasteiger partial charge in [0.2, 0.25) is 0 Å². The summed E-state index contributed by atoms with van der Waals surface area (Å²) in [5.74, 6) is 0. The summed E-state index contributed by atoms with van der Waals surface area (Å²) >= 11 is 2.39. The summed E-state index contributed by atoms with van der Waals surface area (Å²) in [6.45, 7) is 4.29. The Bertz CT molecular complexity index is 710. The number of hydrogen-bond acceptors (Lipinski definition) is 1. The van der Waals surface area contributed by atoms with Crippen molar-refractivity contribution in [2.24, 2.45) is 0 Å². The highest BCUT2D eigenvalue weighted by molar-refractivity contribution is 14.1. The van der Waals surface area contributed by atoms with Crippen LogP contribution in [0.1, 0.15) is 18.1 Å². The molecule has 0 N–H and O–H groups in total. The molecule has 0 amide bonds. The van der Waals surface area contributed by atoms with Crippen molar-refractivity contribution in [1.82, 2.24) is 0 Å². The van der Waals surface area contributed by atoms with Crippen LogP contribution in [-0.4, -0.2) is 0 Å². The molecule has 0 unspecified atom stereocenters.